The highest BCUT2D eigenvalue weighted by Gasteiger charge is 2.57. The number of rotatable bonds is 3. The van der Waals surface area contributed by atoms with E-state index in [1.807, 2.05) is 6.20 Å². The number of hydrogen-bond acceptors (Lipinski definition) is 2. The number of pyridine rings is 1. The van der Waals surface area contributed by atoms with Gasteiger partial charge >= 0.3 is 0 Å². The third-order valence-electron chi connectivity index (χ3n) is 10.9. The standard InChI is InChI=1S/C30H45NOSi/c1-28(2,3)33(6,7)32-23-14-16-29(4)22(19-23)10-11-24-26-13-12-25(21-9-8-18-31-20-21)30(26,5)17-15-27(24)29/h8-10,12,18,20,23-24,26-27H,11,13-17,19H2,1-7H3/t23-,24-,26-,27-,29-,30+/m0/s1. The molecule has 2 fully saturated rings. The summed E-state index contributed by atoms with van der Waals surface area (Å²) < 4.78 is 6.91. The van der Waals surface area contributed by atoms with Crippen LogP contribution in [-0.2, 0) is 4.43 Å². The molecule has 33 heavy (non-hydrogen) atoms. The number of allylic oxidation sites excluding steroid dienone is 3. The van der Waals surface area contributed by atoms with Crippen LogP contribution in [0.15, 0.2) is 42.3 Å². The molecule has 0 bridgehead atoms. The highest BCUT2D eigenvalue weighted by molar-refractivity contribution is 6.74. The first kappa shape index (κ1) is 23.5. The summed E-state index contributed by atoms with van der Waals surface area (Å²) >= 11 is 0. The van der Waals surface area contributed by atoms with E-state index in [-0.39, 0.29) is 5.04 Å². The smallest absolute Gasteiger partial charge is 0.192 e. The second kappa shape index (κ2) is 7.91. The van der Waals surface area contributed by atoms with Crippen molar-refractivity contribution in [1.82, 2.24) is 4.98 Å². The molecular formula is C30H45NOSi. The molecule has 2 saturated carbocycles. The molecule has 0 saturated heterocycles. The number of nitrogens with zero attached hydrogens (tertiary/aromatic N) is 1. The lowest BCUT2D eigenvalue weighted by molar-refractivity contribution is -0.0223. The van der Waals surface area contributed by atoms with Gasteiger partial charge in [0.15, 0.2) is 8.32 Å². The molecule has 0 N–H and O–H groups in total. The predicted molar refractivity (Wildman–Crippen MR) is 141 cm³/mol. The molecule has 0 spiro atoms. The summed E-state index contributed by atoms with van der Waals surface area (Å²) in [7, 11) is -1.71. The summed E-state index contributed by atoms with van der Waals surface area (Å²) in [6.45, 7) is 17.1. The molecule has 1 aromatic rings. The molecule has 0 aliphatic heterocycles. The van der Waals surface area contributed by atoms with E-state index in [1.54, 1.807) is 11.1 Å². The van der Waals surface area contributed by atoms with Crippen molar-refractivity contribution in [1.29, 1.82) is 0 Å². The third-order valence-corrected chi connectivity index (χ3v) is 15.4. The Balaban J connectivity index is 1.36. The minimum absolute atomic E-state index is 0.287. The molecule has 5 rings (SSSR count). The predicted octanol–water partition coefficient (Wildman–Crippen LogP) is 8.43. The minimum atomic E-state index is -1.71. The summed E-state index contributed by atoms with van der Waals surface area (Å²) in [5.74, 6) is 2.44. The highest BCUT2D eigenvalue weighted by Crippen LogP contribution is 2.66. The maximum absolute atomic E-state index is 6.91. The summed E-state index contributed by atoms with van der Waals surface area (Å²) in [5, 5.41) is 0.287. The molecule has 3 heteroatoms. The molecule has 0 aromatic carbocycles. The van der Waals surface area contributed by atoms with Crippen LogP contribution in [0.2, 0.25) is 18.1 Å². The third kappa shape index (κ3) is 3.73. The van der Waals surface area contributed by atoms with Crippen molar-refractivity contribution in [2.24, 2.45) is 28.6 Å². The molecule has 1 heterocycles. The van der Waals surface area contributed by atoms with E-state index < -0.39 is 8.32 Å². The maximum Gasteiger partial charge on any atom is 0.192 e. The van der Waals surface area contributed by atoms with Gasteiger partial charge in [-0.2, -0.15) is 0 Å². The summed E-state index contributed by atoms with van der Waals surface area (Å²) in [6, 6.07) is 4.36. The van der Waals surface area contributed by atoms with Crippen LogP contribution in [0.5, 0.6) is 0 Å². The molecule has 180 valence electrons. The van der Waals surface area contributed by atoms with Gasteiger partial charge in [0, 0.05) is 18.5 Å². The van der Waals surface area contributed by atoms with Crippen LogP contribution in [-0.4, -0.2) is 19.4 Å². The zero-order valence-corrected chi connectivity index (χ0v) is 23.1. The Morgan fingerprint density at radius 1 is 1.00 bits per heavy atom. The van der Waals surface area contributed by atoms with E-state index in [9.17, 15) is 0 Å². The Kier molecular flexibility index (Phi) is 5.65. The van der Waals surface area contributed by atoms with E-state index in [1.165, 1.54) is 50.5 Å². The maximum atomic E-state index is 6.91. The fourth-order valence-corrected chi connectivity index (χ4v) is 9.25. The summed E-state index contributed by atoms with van der Waals surface area (Å²) in [4.78, 5) is 4.43. The summed E-state index contributed by atoms with van der Waals surface area (Å²) in [6.07, 6.45) is 18.6. The number of aromatic nitrogens is 1. The Morgan fingerprint density at radius 3 is 2.45 bits per heavy atom. The molecule has 0 radical (unpaired) electrons. The van der Waals surface area contributed by atoms with Crippen LogP contribution in [0, 0.1) is 28.6 Å². The first-order valence-electron chi connectivity index (χ1n) is 13.4. The second-order valence-electron chi connectivity index (χ2n) is 13.6. The van der Waals surface area contributed by atoms with Crippen LogP contribution in [0.25, 0.3) is 5.57 Å². The van der Waals surface area contributed by atoms with Crippen molar-refractivity contribution in [3.05, 3.63) is 47.8 Å². The van der Waals surface area contributed by atoms with E-state index in [2.05, 4.69) is 83.2 Å². The van der Waals surface area contributed by atoms with Gasteiger partial charge in [0.25, 0.3) is 0 Å². The lowest BCUT2D eigenvalue weighted by Gasteiger charge is -2.58. The van der Waals surface area contributed by atoms with Crippen molar-refractivity contribution in [2.45, 2.75) is 104 Å². The molecule has 2 nitrogen and oxygen atoms in total. The average molecular weight is 464 g/mol. The van der Waals surface area contributed by atoms with Crippen molar-refractivity contribution in [2.75, 3.05) is 0 Å². The molecule has 0 unspecified atom stereocenters. The largest absolute Gasteiger partial charge is 0.414 e. The van der Waals surface area contributed by atoms with Crippen LogP contribution in [0.4, 0.5) is 0 Å². The molecule has 0 amide bonds. The van der Waals surface area contributed by atoms with Gasteiger partial charge in [-0.25, -0.2) is 0 Å². The van der Waals surface area contributed by atoms with Crippen molar-refractivity contribution in [3.63, 3.8) is 0 Å². The van der Waals surface area contributed by atoms with Gasteiger partial charge in [0.2, 0.25) is 0 Å². The normalized spacial score (nSPS) is 38.6. The van der Waals surface area contributed by atoms with Gasteiger partial charge < -0.3 is 4.43 Å². The van der Waals surface area contributed by atoms with Gasteiger partial charge in [-0.15, -0.1) is 0 Å². The lowest BCUT2D eigenvalue weighted by atomic mass is 9.47. The van der Waals surface area contributed by atoms with E-state index >= 15 is 0 Å². The van der Waals surface area contributed by atoms with E-state index in [4.69, 9.17) is 4.43 Å². The molecular weight excluding hydrogens is 418 g/mol. The van der Waals surface area contributed by atoms with Crippen LogP contribution < -0.4 is 0 Å². The van der Waals surface area contributed by atoms with Gasteiger partial charge in [0.05, 0.1) is 0 Å². The van der Waals surface area contributed by atoms with Crippen molar-refractivity contribution < 1.29 is 4.43 Å². The molecule has 4 aliphatic rings. The quantitative estimate of drug-likeness (QED) is 0.331. The zero-order valence-electron chi connectivity index (χ0n) is 22.1. The van der Waals surface area contributed by atoms with Gasteiger partial charge in [0.1, 0.15) is 0 Å². The van der Waals surface area contributed by atoms with Crippen molar-refractivity contribution >= 4 is 13.9 Å². The van der Waals surface area contributed by atoms with Crippen molar-refractivity contribution in [3.8, 4) is 0 Å². The Hall–Kier alpha value is -1.19. The molecule has 4 aliphatic carbocycles. The van der Waals surface area contributed by atoms with Gasteiger partial charge in [-0.3, -0.25) is 4.98 Å². The molecule has 6 atom stereocenters. The number of fused-ring (bicyclic) bond motifs is 5. The lowest BCUT2D eigenvalue weighted by Crippen LogP contribution is -2.51. The van der Waals surface area contributed by atoms with Crippen LogP contribution in [0.1, 0.15) is 85.1 Å². The average Bonchev–Trinajstić information content (AvgIpc) is 3.11. The SMILES string of the molecule is CC(C)(C)[Si](C)(C)O[C@H]1CC[C@@]2(C)C(=CC[C@@H]3[C@@H]2CC[C@]2(C)C(c4cccnc4)=CC[C@@H]32)C1. The Labute approximate surface area is 203 Å². The summed E-state index contributed by atoms with van der Waals surface area (Å²) in [5.41, 5.74) is 5.36. The fourth-order valence-electron chi connectivity index (χ4n) is 7.86. The van der Waals surface area contributed by atoms with Crippen LogP contribution in [0.3, 0.4) is 0 Å². The van der Waals surface area contributed by atoms with E-state index in [0.717, 1.165) is 17.8 Å². The first-order chi connectivity index (χ1) is 15.5. The fraction of sp³-hybridized carbons (Fsp3) is 0.700. The topological polar surface area (TPSA) is 22.1 Å². The highest BCUT2D eigenvalue weighted by atomic mass is 28.4. The minimum Gasteiger partial charge on any atom is -0.414 e. The molecule has 1 aromatic heterocycles. The first-order valence-corrected chi connectivity index (χ1v) is 16.3. The van der Waals surface area contributed by atoms with Crippen LogP contribution >= 0.6 is 0 Å². The Morgan fingerprint density at radius 2 is 1.76 bits per heavy atom. The van der Waals surface area contributed by atoms with E-state index in [0.29, 0.717) is 16.9 Å². The van der Waals surface area contributed by atoms with Gasteiger partial charge in [-0.05, 0) is 109 Å². The monoisotopic (exact) mass is 463 g/mol. The second-order valence-corrected chi connectivity index (χ2v) is 18.3. The van der Waals surface area contributed by atoms with Gasteiger partial charge in [-0.1, -0.05) is 58.4 Å². The number of hydrogen-bond donors (Lipinski definition) is 0. The Bertz CT molecular complexity index is 957. The zero-order chi connectivity index (χ0) is 23.6.